The molecule has 2 aromatic rings. The average molecular weight is 433 g/mol. The molecule has 5 nitrogen and oxygen atoms in total. The summed E-state index contributed by atoms with van der Waals surface area (Å²) in [5, 5.41) is 5.51. The summed E-state index contributed by atoms with van der Waals surface area (Å²) in [7, 11) is 0. The first-order chi connectivity index (χ1) is 15.5. The van der Waals surface area contributed by atoms with Gasteiger partial charge in [-0.3, -0.25) is 4.79 Å². The predicted molar refractivity (Wildman–Crippen MR) is 124 cm³/mol. The van der Waals surface area contributed by atoms with Crippen LogP contribution in [0.15, 0.2) is 54.6 Å². The van der Waals surface area contributed by atoms with E-state index in [0.717, 1.165) is 29.0 Å². The minimum Gasteiger partial charge on any atom is -0.445 e. The van der Waals surface area contributed by atoms with Crippen molar-refractivity contribution < 1.29 is 14.3 Å². The van der Waals surface area contributed by atoms with Crippen molar-refractivity contribution in [3.8, 4) is 0 Å². The third-order valence-electron chi connectivity index (χ3n) is 7.74. The van der Waals surface area contributed by atoms with Crippen molar-refractivity contribution >= 4 is 17.7 Å². The molecule has 168 valence electrons. The minimum atomic E-state index is -0.693. The molecule has 4 bridgehead atoms. The molecule has 32 heavy (non-hydrogen) atoms. The summed E-state index contributed by atoms with van der Waals surface area (Å²) in [5.74, 6) is 2.47. The summed E-state index contributed by atoms with van der Waals surface area (Å²) < 4.78 is 5.20. The lowest BCUT2D eigenvalue weighted by atomic mass is 9.48. The highest BCUT2D eigenvalue weighted by Crippen LogP contribution is 2.60. The van der Waals surface area contributed by atoms with E-state index in [0.29, 0.717) is 5.41 Å². The van der Waals surface area contributed by atoms with Crippen LogP contribution in [0.1, 0.15) is 56.6 Å². The monoisotopic (exact) mass is 432 g/mol. The van der Waals surface area contributed by atoms with Gasteiger partial charge in [-0.2, -0.15) is 0 Å². The molecule has 0 radical (unpaired) electrons. The summed E-state index contributed by atoms with van der Waals surface area (Å²) in [6.45, 7) is 1.83. The molecule has 4 aliphatic rings. The van der Waals surface area contributed by atoms with Crippen LogP contribution < -0.4 is 10.6 Å². The van der Waals surface area contributed by atoms with E-state index in [-0.39, 0.29) is 12.5 Å². The molecule has 2 amide bonds. The summed E-state index contributed by atoms with van der Waals surface area (Å²) >= 11 is 0. The van der Waals surface area contributed by atoms with Crippen molar-refractivity contribution in [3.05, 3.63) is 65.7 Å². The van der Waals surface area contributed by atoms with Crippen LogP contribution in [0.3, 0.4) is 0 Å². The molecule has 0 aliphatic heterocycles. The lowest BCUT2D eigenvalue weighted by molar-refractivity contribution is -0.117. The Morgan fingerprint density at radius 3 is 2.12 bits per heavy atom. The van der Waals surface area contributed by atoms with Crippen molar-refractivity contribution in [1.29, 1.82) is 0 Å². The Labute approximate surface area is 189 Å². The van der Waals surface area contributed by atoms with Gasteiger partial charge in [-0.25, -0.2) is 4.79 Å². The molecule has 1 atom stereocenters. The van der Waals surface area contributed by atoms with E-state index in [1.54, 1.807) is 6.92 Å². The molecule has 0 saturated heterocycles. The normalized spacial score (nSPS) is 28.7. The van der Waals surface area contributed by atoms with Crippen LogP contribution in [0, 0.1) is 17.8 Å². The maximum Gasteiger partial charge on any atom is 0.408 e. The van der Waals surface area contributed by atoms with Crippen LogP contribution in [-0.4, -0.2) is 18.0 Å². The minimum absolute atomic E-state index is 0.173. The number of carbonyl (C=O) groups is 2. The SMILES string of the molecule is C[C@H](NC(=O)OCc1ccccc1)C(=O)Nc1ccc(C23CC4CC(CC(C4)C2)C3)cc1. The number of amides is 2. The van der Waals surface area contributed by atoms with E-state index >= 15 is 0 Å². The maximum absolute atomic E-state index is 12.5. The molecule has 0 spiro atoms. The van der Waals surface area contributed by atoms with E-state index in [2.05, 4.69) is 22.8 Å². The predicted octanol–water partition coefficient (Wildman–Crippen LogP) is 5.41. The summed E-state index contributed by atoms with van der Waals surface area (Å²) in [6.07, 6.45) is 7.70. The van der Waals surface area contributed by atoms with E-state index in [1.807, 2.05) is 42.5 Å². The Kier molecular flexibility index (Phi) is 5.66. The van der Waals surface area contributed by atoms with Gasteiger partial charge < -0.3 is 15.4 Å². The number of ether oxygens (including phenoxy) is 1. The Hall–Kier alpha value is -2.82. The molecule has 0 unspecified atom stereocenters. The molecule has 4 aliphatic carbocycles. The molecule has 2 aromatic carbocycles. The molecular weight excluding hydrogens is 400 g/mol. The number of anilines is 1. The number of nitrogens with one attached hydrogen (secondary N) is 2. The first-order valence-electron chi connectivity index (χ1n) is 11.9. The van der Waals surface area contributed by atoms with Gasteiger partial charge in [0.15, 0.2) is 0 Å². The van der Waals surface area contributed by atoms with Crippen molar-refractivity contribution in [2.75, 3.05) is 5.32 Å². The standard InChI is InChI=1S/C27H32N2O3/c1-18(28-26(31)32-17-19-5-3-2-4-6-19)25(30)29-24-9-7-23(8-10-24)27-14-20-11-21(15-27)13-22(12-20)16-27/h2-10,18,20-22H,11-17H2,1H3,(H,28,31)(H,29,30)/t18-,20?,21?,22?,27?/m0/s1. The number of benzene rings is 2. The second kappa shape index (κ2) is 8.61. The van der Waals surface area contributed by atoms with Crippen molar-refractivity contribution in [1.82, 2.24) is 5.32 Å². The summed E-state index contributed by atoms with van der Waals surface area (Å²) in [6, 6.07) is 17.2. The molecule has 2 N–H and O–H groups in total. The highest BCUT2D eigenvalue weighted by atomic mass is 16.5. The van der Waals surface area contributed by atoms with Crippen LogP contribution in [-0.2, 0) is 21.6 Å². The number of alkyl carbamates (subject to hydrolysis) is 1. The van der Waals surface area contributed by atoms with Crippen molar-refractivity contribution in [2.45, 2.75) is 63.5 Å². The lowest BCUT2D eigenvalue weighted by Gasteiger charge is -2.57. The average Bonchev–Trinajstić information content (AvgIpc) is 2.78. The van der Waals surface area contributed by atoms with Crippen molar-refractivity contribution in [3.63, 3.8) is 0 Å². The van der Waals surface area contributed by atoms with Crippen molar-refractivity contribution in [2.24, 2.45) is 17.8 Å². The third kappa shape index (κ3) is 4.38. The fourth-order valence-corrected chi connectivity index (χ4v) is 6.63. The Morgan fingerprint density at radius 1 is 0.938 bits per heavy atom. The van der Waals surface area contributed by atoms with Gasteiger partial charge in [0.25, 0.3) is 0 Å². The third-order valence-corrected chi connectivity index (χ3v) is 7.74. The van der Waals surface area contributed by atoms with Gasteiger partial charge in [-0.05, 0) is 91.9 Å². The molecule has 4 saturated carbocycles. The van der Waals surface area contributed by atoms with Crippen LogP contribution >= 0.6 is 0 Å². The van der Waals surface area contributed by atoms with E-state index < -0.39 is 12.1 Å². The quantitative estimate of drug-likeness (QED) is 0.642. The topological polar surface area (TPSA) is 67.4 Å². The zero-order valence-electron chi connectivity index (χ0n) is 18.7. The van der Waals surface area contributed by atoms with Gasteiger partial charge in [-0.1, -0.05) is 42.5 Å². The van der Waals surface area contributed by atoms with Gasteiger partial charge in [0.2, 0.25) is 5.91 Å². The number of hydrogen-bond donors (Lipinski definition) is 2. The van der Waals surface area contributed by atoms with Crippen LogP contribution in [0.5, 0.6) is 0 Å². The lowest BCUT2D eigenvalue weighted by Crippen LogP contribution is -2.48. The smallest absolute Gasteiger partial charge is 0.408 e. The Balaban J connectivity index is 1.14. The van der Waals surface area contributed by atoms with E-state index in [1.165, 1.54) is 44.1 Å². The van der Waals surface area contributed by atoms with Gasteiger partial charge in [0, 0.05) is 5.69 Å². The zero-order chi connectivity index (χ0) is 22.1. The van der Waals surface area contributed by atoms with Gasteiger partial charge in [0.1, 0.15) is 12.6 Å². The van der Waals surface area contributed by atoms with Gasteiger partial charge in [0.05, 0.1) is 0 Å². The largest absolute Gasteiger partial charge is 0.445 e. The first-order valence-corrected chi connectivity index (χ1v) is 11.9. The second-order valence-corrected chi connectivity index (χ2v) is 10.2. The summed E-state index contributed by atoms with van der Waals surface area (Å²) in [4.78, 5) is 24.6. The van der Waals surface area contributed by atoms with Crippen LogP contribution in [0.2, 0.25) is 0 Å². The zero-order valence-corrected chi connectivity index (χ0v) is 18.7. The fourth-order valence-electron chi connectivity index (χ4n) is 6.63. The molecule has 5 heteroatoms. The molecule has 0 heterocycles. The highest BCUT2D eigenvalue weighted by Gasteiger charge is 2.51. The summed E-state index contributed by atoms with van der Waals surface area (Å²) in [5.41, 5.74) is 3.45. The molecule has 6 rings (SSSR count). The second-order valence-electron chi connectivity index (χ2n) is 10.2. The van der Waals surface area contributed by atoms with Crippen LogP contribution in [0.4, 0.5) is 10.5 Å². The highest BCUT2D eigenvalue weighted by molar-refractivity contribution is 5.96. The number of hydrogen-bond acceptors (Lipinski definition) is 3. The molecular formula is C27H32N2O3. The first kappa shape index (κ1) is 21.0. The molecule has 4 fully saturated rings. The van der Waals surface area contributed by atoms with E-state index in [4.69, 9.17) is 4.74 Å². The van der Waals surface area contributed by atoms with Gasteiger partial charge >= 0.3 is 6.09 Å². The Morgan fingerprint density at radius 2 is 1.53 bits per heavy atom. The molecule has 0 aromatic heterocycles. The number of rotatable bonds is 6. The fraction of sp³-hybridized carbons (Fsp3) is 0.481. The van der Waals surface area contributed by atoms with Crippen LogP contribution in [0.25, 0.3) is 0 Å². The van der Waals surface area contributed by atoms with Gasteiger partial charge in [-0.15, -0.1) is 0 Å². The Bertz CT molecular complexity index is 935. The number of carbonyl (C=O) groups excluding carboxylic acids is 2. The van der Waals surface area contributed by atoms with E-state index in [9.17, 15) is 9.59 Å². The maximum atomic E-state index is 12.5.